The number of aromatic nitrogens is 3. The summed E-state index contributed by atoms with van der Waals surface area (Å²) >= 11 is 0. The summed E-state index contributed by atoms with van der Waals surface area (Å²) in [5.74, 6) is 0. The van der Waals surface area contributed by atoms with Gasteiger partial charge in [0.2, 0.25) is 0 Å². The molecular weight excluding hydrogens is 273 g/mol. The first-order valence-corrected chi connectivity index (χ1v) is 6.27. The summed E-state index contributed by atoms with van der Waals surface area (Å²) in [6.45, 7) is 0. The smallest absolute Gasteiger partial charge is 0.836 e. The molecule has 0 saturated heterocycles. The zero-order valence-corrected chi connectivity index (χ0v) is 13.7. The van der Waals surface area contributed by atoms with Crippen molar-refractivity contribution in [1.82, 2.24) is 15.0 Å². The molecule has 0 aliphatic heterocycles. The van der Waals surface area contributed by atoms with E-state index in [9.17, 15) is 5.11 Å². The van der Waals surface area contributed by atoms with Crippen LogP contribution >= 0.6 is 0 Å². The summed E-state index contributed by atoms with van der Waals surface area (Å²) < 4.78 is 0. The Morgan fingerprint density at radius 3 is 1.19 bits per heavy atom. The quantitative estimate of drug-likeness (QED) is 0.551. The molecule has 0 spiro atoms. The molecule has 0 aromatic carbocycles. The molecule has 0 aliphatic carbocycles. The minimum absolute atomic E-state index is 0. The van der Waals surface area contributed by atoms with Crippen molar-refractivity contribution < 1.29 is 34.7 Å². The van der Waals surface area contributed by atoms with E-state index >= 15 is 0 Å². The summed E-state index contributed by atoms with van der Waals surface area (Å²) in [4.78, 5) is 12.6. The van der Waals surface area contributed by atoms with Gasteiger partial charge in [0.05, 0.1) is 0 Å². The minimum Gasteiger partial charge on any atom is -0.836 e. The monoisotopic (exact) mass is 285 g/mol. The Balaban J connectivity index is 0.00000161. The van der Waals surface area contributed by atoms with Crippen LogP contribution in [0.15, 0.2) is 73.2 Å². The van der Waals surface area contributed by atoms with Crippen molar-refractivity contribution in [3.05, 3.63) is 90.3 Å². The second-order valence-corrected chi connectivity index (χ2v) is 4.33. The molecule has 4 nitrogen and oxygen atoms in total. The molecule has 98 valence electrons. The SMILES string of the molecule is [Na+].[O-]C(c1ccccn1)(c1ccccn1)c1ccccn1. The maximum absolute atomic E-state index is 13.5. The molecule has 3 heterocycles. The van der Waals surface area contributed by atoms with Crippen LogP contribution in [0.25, 0.3) is 0 Å². The van der Waals surface area contributed by atoms with Crippen LogP contribution in [-0.2, 0) is 5.60 Å². The molecule has 3 rings (SSSR count). The molecule has 0 fully saturated rings. The van der Waals surface area contributed by atoms with Crippen LogP contribution in [0.2, 0.25) is 0 Å². The largest absolute Gasteiger partial charge is 1.00 e. The first kappa shape index (κ1) is 15.8. The van der Waals surface area contributed by atoms with Crippen LogP contribution in [0.3, 0.4) is 0 Å². The second-order valence-electron chi connectivity index (χ2n) is 4.33. The van der Waals surface area contributed by atoms with E-state index in [1.165, 1.54) is 0 Å². The fourth-order valence-corrected chi connectivity index (χ4v) is 2.11. The number of hydrogen-bond acceptors (Lipinski definition) is 4. The molecule has 0 bridgehead atoms. The third-order valence-electron chi connectivity index (χ3n) is 3.08. The van der Waals surface area contributed by atoms with Crippen molar-refractivity contribution in [2.75, 3.05) is 0 Å². The summed E-state index contributed by atoms with van der Waals surface area (Å²) in [5.41, 5.74) is -0.545. The van der Waals surface area contributed by atoms with Crippen LogP contribution < -0.4 is 34.7 Å². The zero-order valence-electron chi connectivity index (χ0n) is 11.7. The summed E-state index contributed by atoms with van der Waals surface area (Å²) in [6, 6.07) is 15.8. The van der Waals surface area contributed by atoms with Gasteiger partial charge in [0.25, 0.3) is 0 Å². The molecule has 5 heteroatoms. The number of rotatable bonds is 3. The zero-order chi connectivity index (χ0) is 13.8. The Kier molecular flexibility index (Phi) is 5.20. The van der Waals surface area contributed by atoms with E-state index in [1.807, 2.05) is 0 Å². The normalized spacial score (nSPS) is 10.7. The van der Waals surface area contributed by atoms with Crippen LogP contribution in [0.4, 0.5) is 0 Å². The molecule has 0 N–H and O–H groups in total. The molecule has 3 aromatic heterocycles. The Hall–Kier alpha value is -1.59. The van der Waals surface area contributed by atoms with Crippen molar-refractivity contribution >= 4 is 0 Å². The van der Waals surface area contributed by atoms with Crippen molar-refractivity contribution in [3.8, 4) is 0 Å². The number of hydrogen-bond donors (Lipinski definition) is 0. The minimum atomic E-state index is -1.70. The third-order valence-corrected chi connectivity index (χ3v) is 3.08. The predicted octanol–water partition coefficient (Wildman–Crippen LogP) is -1.47. The van der Waals surface area contributed by atoms with Crippen molar-refractivity contribution in [2.24, 2.45) is 0 Å². The van der Waals surface area contributed by atoms with Gasteiger partial charge in [-0.2, -0.15) is 0 Å². The predicted molar refractivity (Wildman–Crippen MR) is 72.6 cm³/mol. The van der Waals surface area contributed by atoms with Gasteiger partial charge in [0.1, 0.15) is 0 Å². The van der Waals surface area contributed by atoms with E-state index in [0.717, 1.165) is 0 Å². The Bertz CT molecular complexity index is 581. The van der Waals surface area contributed by atoms with Gasteiger partial charge in [-0.3, -0.25) is 15.0 Å². The van der Waals surface area contributed by atoms with Gasteiger partial charge in [-0.25, -0.2) is 0 Å². The Morgan fingerprint density at radius 2 is 0.952 bits per heavy atom. The van der Waals surface area contributed by atoms with E-state index in [-0.39, 0.29) is 29.6 Å². The molecule has 0 amide bonds. The summed E-state index contributed by atoms with van der Waals surface area (Å²) in [5, 5.41) is 13.5. The van der Waals surface area contributed by atoms with E-state index in [2.05, 4.69) is 15.0 Å². The van der Waals surface area contributed by atoms with Crippen LogP contribution in [-0.4, -0.2) is 15.0 Å². The fraction of sp³-hybridized carbons (Fsp3) is 0.0625. The number of pyridine rings is 3. The van der Waals surface area contributed by atoms with Gasteiger partial charge >= 0.3 is 29.6 Å². The maximum atomic E-state index is 13.5. The molecule has 0 saturated carbocycles. The third kappa shape index (κ3) is 3.04. The maximum Gasteiger partial charge on any atom is 1.00 e. The molecule has 0 atom stereocenters. The van der Waals surface area contributed by atoms with Gasteiger partial charge in [-0.15, -0.1) is 0 Å². The van der Waals surface area contributed by atoms with Crippen LogP contribution in [0, 0.1) is 0 Å². The Morgan fingerprint density at radius 1 is 0.619 bits per heavy atom. The van der Waals surface area contributed by atoms with Crippen molar-refractivity contribution in [2.45, 2.75) is 5.60 Å². The second kappa shape index (κ2) is 6.91. The summed E-state index contributed by atoms with van der Waals surface area (Å²) in [6.07, 6.45) is 4.82. The van der Waals surface area contributed by atoms with Crippen molar-refractivity contribution in [3.63, 3.8) is 0 Å². The van der Waals surface area contributed by atoms with E-state index < -0.39 is 5.60 Å². The topological polar surface area (TPSA) is 61.7 Å². The molecule has 3 aromatic rings. The first-order chi connectivity index (χ1) is 9.82. The number of nitrogens with zero attached hydrogens (tertiary/aromatic N) is 3. The molecule has 0 aliphatic rings. The van der Waals surface area contributed by atoms with Crippen molar-refractivity contribution in [1.29, 1.82) is 0 Å². The molecule has 0 radical (unpaired) electrons. The van der Waals surface area contributed by atoms with Crippen LogP contribution in [0.1, 0.15) is 17.1 Å². The van der Waals surface area contributed by atoms with E-state index in [0.29, 0.717) is 17.1 Å². The van der Waals surface area contributed by atoms with Gasteiger partial charge in [-0.05, 0) is 36.4 Å². The van der Waals surface area contributed by atoms with Gasteiger partial charge in [0, 0.05) is 41.3 Å². The molecule has 0 unspecified atom stereocenters. The van der Waals surface area contributed by atoms with Gasteiger partial charge < -0.3 is 5.11 Å². The average Bonchev–Trinajstić information content (AvgIpc) is 2.56. The van der Waals surface area contributed by atoms with Gasteiger partial charge in [-0.1, -0.05) is 18.2 Å². The molecular formula is C16H12N3NaO. The van der Waals surface area contributed by atoms with E-state index in [1.54, 1.807) is 73.2 Å². The van der Waals surface area contributed by atoms with Gasteiger partial charge in [0.15, 0.2) is 0 Å². The Labute approximate surface area is 145 Å². The van der Waals surface area contributed by atoms with E-state index in [4.69, 9.17) is 0 Å². The standard InChI is InChI=1S/C16H12N3O.Na/c20-16(13-7-1-4-10-17-13,14-8-2-5-11-18-14)15-9-3-6-12-19-15;/h1-12H;/q-1;+1. The first-order valence-electron chi connectivity index (χ1n) is 6.27. The molecule has 21 heavy (non-hydrogen) atoms. The fourth-order valence-electron chi connectivity index (χ4n) is 2.11. The summed E-state index contributed by atoms with van der Waals surface area (Å²) in [7, 11) is 0. The average molecular weight is 285 g/mol. The van der Waals surface area contributed by atoms with Crippen LogP contribution in [0.5, 0.6) is 0 Å².